The summed E-state index contributed by atoms with van der Waals surface area (Å²) in [5.74, 6) is -0.426. The molecule has 0 aliphatic carbocycles. The van der Waals surface area contributed by atoms with Crippen molar-refractivity contribution in [3.05, 3.63) is 46.8 Å². The van der Waals surface area contributed by atoms with E-state index in [4.69, 9.17) is 9.84 Å². The van der Waals surface area contributed by atoms with Crippen molar-refractivity contribution < 1.29 is 19.3 Å². The van der Waals surface area contributed by atoms with Crippen LogP contribution in [0.25, 0.3) is 6.08 Å². The number of carboxylic acids is 1. The lowest BCUT2D eigenvalue weighted by molar-refractivity contribution is -0.131. The predicted octanol–water partition coefficient (Wildman–Crippen LogP) is 2.36. The summed E-state index contributed by atoms with van der Waals surface area (Å²) in [5.41, 5.74) is 2.99. The Kier molecular flexibility index (Phi) is 4.14. The summed E-state index contributed by atoms with van der Waals surface area (Å²) in [5, 5.41) is 16.1. The smallest absolute Gasteiger partial charge is 0.328 e. The van der Waals surface area contributed by atoms with Gasteiger partial charge in [-0.05, 0) is 32.1 Å². The SMILES string of the molecule is Cc1ccc(OCc2nonc2C)c(C=CC(=O)O)c1. The predicted molar refractivity (Wildman–Crippen MR) is 71.2 cm³/mol. The van der Waals surface area contributed by atoms with Crippen LogP contribution in [0.3, 0.4) is 0 Å². The van der Waals surface area contributed by atoms with Crippen molar-refractivity contribution >= 4 is 12.0 Å². The number of carboxylic acid groups (broad SMARTS) is 1. The molecule has 2 aromatic rings. The standard InChI is InChI=1S/C14H14N2O4/c1-9-3-5-13(11(7-9)4-6-14(17)18)19-8-12-10(2)15-20-16-12/h3-7H,8H2,1-2H3,(H,17,18). The number of rotatable bonds is 5. The maximum Gasteiger partial charge on any atom is 0.328 e. The number of carbonyl (C=O) groups is 1. The van der Waals surface area contributed by atoms with Crippen LogP contribution in [-0.2, 0) is 11.4 Å². The molecule has 0 unspecified atom stereocenters. The molecule has 0 amide bonds. The fraction of sp³-hybridized carbons (Fsp3) is 0.214. The van der Waals surface area contributed by atoms with Crippen LogP contribution < -0.4 is 4.74 Å². The third-order valence-corrected chi connectivity index (χ3v) is 2.68. The Morgan fingerprint density at radius 2 is 2.20 bits per heavy atom. The summed E-state index contributed by atoms with van der Waals surface area (Å²) in [4.78, 5) is 10.6. The van der Waals surface area contributed by atoms with Gasteiger partial charge in [0.15, 0.2) is 0 Å². The average molecular weight is 274 g/mol. The molecule has 0 spiro atoms. The molecular weight excluding hydrogens is 260 g/mol. The lowest BCUT2D eigenvalue weighted by Gasteiger charge is -2.08. The molecule has 1 aromatic heterocycles. The van der Waals surface area contributed by atoms with E-state index >= 15 is 0 Å². The van der Waals surface area contributed by atoms with E-state index in [0.717, 1.165) is 11.6 Å². The van der Waals surface area contributed by atoms with Gasteiger partial charge in [0.25, 0.3) is 0 Å². The fourth-order valence-electron chi connectivity index (χ4n) is 1.62. The molecule has 104 valence electrons. The Labute approximate surface area is 115 Å². The van der Waals surface area contributed by atoms with Gasteiger partial charge in [0.1, 0.15) is 23.7 Å². The summed E-state index contributed by atoms with van der Waals surface area (Å²) in [6.07, 6.45) is 2.57. The minimum atomic E-state index is -1.01. The largest absolute Gasteiger partial charge is 0.486 e. The first-order valence-corrected chi connectivity index (χ1v) is 5.99. The lowest BCUT2D eigenvalue weighted by Crippen LogP contribution is -1.99. The molecule has 0 saturated carbocycles. The Bertz CT molecular complexity index is 646. The highest BCUT2D eigenvalue weighted by atomic mass is 16.6. The number of aromatic nitrogens is 2. The fourth-order valence-corrected chi connectivity index (χ4v) is 1.62. The molecule has 2 rings (SSSR count). The van der Waals surface area contributed by atoms with Crippen molar-refractivity contribution in [3.63, 3.8) is 0 Å². The molecule has 0 aliphatic rings. The van der Waals surface area contributed by atoms with E-state index < -0.39 is 5.97 Å². The van der Waals surface area contributed by atoms with Crippen molar-refractivity contribution in [1.82, 2.24) is 10.3 Å². The van der Waals surface area contributed by atoms with Crippen LogP contribution in [-0.4, -0.2) is 21.4 Å². The summed E-state index contributed by atoms with van der Waals surface area (Å²) in [6, 6.07) is 5.53. The summed E-state index contributed by atoms with van der Waals surface area (Å²) >= 11 is 0. The molecule has 0 aliphatic heterocycles. The van der Waals surface area contributed by atoms with Gasteiger partial charge in [-0.2, -0.15) is 0 Å². The minimum Gasteiger partial charge on any atom is -0.486 e. The van der Waals surface area contributed by atoms with Gasteiger partial charge in [0.05, 0.1) is 0 Å². The zero-order valence-electron chi connectivity index (χ0n) is 11.2. The quantitative estimate of drug-likeness (QED) is 0.842. The van der Waals surface area contributed by atoms with E-state index in [2.05, 4.69) is 14.9 Å². The number of benzene rings is 1. The Morgan fingerprint density at radius 1 is 1.40 bits per heavy atom. The molecule has 6 nitrogen and oxygen atoms in total. The number of ether oxygens (including phenoxy) is 1. The maximum absolute atomic E-state index is 10.6. The van der Waals surface area contributed by atoms with Gasteiger partial charge >= 0.3 is 5.97 Å². The third kappa shape index (κ3) is 3.44. The molecule has 0 bridgehead atoms. The molecule has 0 radical (unpaired) electrons. The Morgan fingerprint density at radius 3 is 2.85 bits per heavy atom. The average Bonchev–Trinajstić information content (AvgIpc) is 2.81. The number of aliphatic carboxylic acids is 1. The van der Waals surface area contributed by atoms with Crippen molar-refractivity contribution in [3.8, 4) is 5.75 Å². The highest BCUT2D eigenvalue weighted by Crippen LogP contribution is 2.22. The summed E-state index contributed by atoms with van der Waals surface area (Å²) < 4.78 is 10.2. The van der Waals surface area contributed by atoms with Crippen molar-refractivity contribution in [1.29, 1.82) is 0 Å². The van der Waals surface area contributed by atoms with E-state index in [-0.39, 0.29) is 6.61 Å². The van der Waals surface area contributed by atoms with Crippen LogP contribution in [0.2, 0.25) is 0 Å². The molecule has 6 heteroatoms. The van der Waals surface area contributed by atoms with Gasteiger partial charge in [-0.1, -0.05) is 21.9 Å². The molecule has 1 N–H and O–H groups in total. The zero-order valence-corrected chi connectivity index (χ0v) is 11.2. The zero-order chi connectivity index (χ0) is 14.5. The van der Waals surface area contributed by atoms with Gasteiger partial charge in [-0.25, -0.2) is 9.42 Å². The molecule has 20 heavy (non-hydrogen) atoms. The number of nitrogens with zero attached hydrogens (tertiary/aromatic N) is 2. The second kappa shape index (κ2) is 6.01. The Balaban J connectivity index is 2.18. The van der Waals surface area contributed by atoms with E-state index in [0.29, 0.717) is 22.7 Å². The van der Waals surface area contributed by atoms with Crippen molar-refractivity contribution in [2.24, 2.45) is 0 Å². The normalized spacial score (nSPS) is 10.9. The topological polar surface area (TPSA) is 85.5 Å². The second-order valence-corrected chi connectivity index (χ2v) is 4.30. The Hall–Kier alpha value is -2.63. The number of hydrogen-bond donors (Lipinski definition) is 1. The van der Waals surface area contributed by atoms with Gasteiger partial charge < -0.3 is 9.84 Å². The van der Waals surface area contributed by atoms with Crippen molar-refractivity contribution in [2.45, 2.75) is 20.5 Å². The molecule has 0 atom stereocenters. The first-order valence-electron chi connectivity index (χ1n) is 5.99. The van der Waals surface area contributed by atoms with Crippen LogP contribution in [0, 0.1) is 13.8 Å². The second-order valence-electron chi connectivity index (χ2n) is 4.30. The lowest BCUT2D eigenvalue weighted by atomic mass is 10.1. The number of hydrogen-bond acceptors (Lipinski definition) is 5. The molecule has 1 aromatic carbocycles. The molecule has 1 heterocycles. The van der Waals surface area contributed by atoms with E-state index in [1.807, 2.05) is 19.1 Å². The van der Waals surface area contributed by atoms with Crippen LogP contribution in [0.4, 0.5) is 0 Å². The highest BCUT2D eigenvalue weighted by molar-refractivity contribution is 5.85. The summed E-state index contributed by atoms with van der Waals surface area (Å²) in [6.45, 7) is 3.91. The maximum atomic E-state index is 10.6. The van der Waals surface area contributed by atoms with Crippen LogP contribution in [0.5, 0.6) is 5.75 Å². The van der Waals surface area contributed by atoms with E-state index in [1.165, 1.54) is 6.08 Å². The van der Waals surface area contributed by atoms with E-state index in [9.17, 15) is 4.79 Å². The molecule has 0 saturated heterocycles. The summed E-state index contributed by atoms with van der Waals surface area (Å²) in [7, 11) is 0. The first-order chi connectivity index (χ1) is 9.56. The van der Waals surface area contributed by atoms with Crippen molar-refractivity contribution in [2.75, 3.05) is 0 Å². The highest BCUT2D eigenvalue weighted by Gasteiger charge is 2.08. The van der Waals surface area contributed by atoms with Gasteiger partial charge in [-0.3, -0.25) is 0 Å². The minimum absolute atomic E-state index is 0.215. The van der Waals surface area contributed by atoms with Gasteiger partial charge in [0.2, 0.25) is 0 Å². The monoisotopic (exact) mass is 274 g/mol. The van der Waals surface area contributed by atoms with E-state index in [1.54, 1.807) is 13.0 Å². The van der Waals surface area contributed by atoms with Crippen LogP contribution in [0.1, 0.15) is 22.5 Å². The third-order valence-electron chi connectivity index (χ3n) is 2.68. The van der Waals surface area contributed by atoms with Crippen LogP contribution in [0.15, 0.2) is 28.9 Å². The first kappa shape index (κ1) is 13.8. The molecular formula is C14H14N2O4. The van der Waals surface area contributed by atoms with Gasteiger partial charge in [0, 0.05) is 11.6 Å². The van der Waals surface area contributed by atoms with Crippen LogP contribution >= 0.6 is 0 Å². The molecule has 0 fully saturated rings. The number of aryl methyl sites for hydroxylation is 2. The van der Waals surface area contributed by atoms with Gasteiger partial charge in [-0.15, -0.1) is 0 Å².